The summed E-state index contributed by atoms with van der Waals surface area (Å²) >= 11 is 0. The Hall–Kier alpha value is -3.52. The average Bonchev–Trinajstić information content (AvgIpc) is 3.45. The highest BCUT2D eigenvalue weighted by Gasteiger charge is 2.33. The van der Waals surface area contributed by atoms with Crippen LogP contribution in [0.3, 0.4) is 0 Å². The molecule has 1 unspecified atom stereocenters. The van der Waals surface area contributed by atoms with Crippen molar-refractivity contribution in [1.29, 1.82) is 0 Å². The molecule has 0 spiro atoms. The van der Waals surface area contributed by atoms with Crippen molar-refractivity contribution in [3.8, 4) is 11.3 Å². The number of aryl methyl sites for hydroxylation is 2. The normalized spacial score (nSPS) is 16.7. The topological polar surface area (TPSA) is 85.2 Å². The fraction of sp³-hybridized carbons (Fsp3) is 0.367. The summed E-state index contributed by atoms with van der Waals surface area (Å²) < 4.78 is 26.3. The number of nitrogens with zero attached hydrogens (tertiary/aromatic N) is 4. The summed E-state index contributed by atoms with van der Waals surface area (Å²) in [6, 6.07) is 19.7. The number of carbonyl (C=O) groups is 1. The number of hydrogen-bond donors (Lipinski definition) is 0. The number of hydrogen-bond acceptors (Lipinski definition) is 5. The van der Waals surface area contributed by atoms with Crippen LogP contribution in [0.15, 0.2) is 60.7 Å². The van der Waals surface area contributed by atoms with Gasteiger partial charge in [0.25, 0.3) is 5.91 Å². The molecule has 38 heavy (non-hydrogen) atoms. The van der Waals surface area contributed by atoms with Gasteiger partial charge in [-0.25, -0.2) is 18.1 Å². The van der Waals surface area contributed by atoms with Crippen molar-refractivity contribution in [2.45, 2.75) is 52.6 Å². The highest BCUT2D eigenvalue weighted by Crippen LogP contribution is 2.33. The molecular formula is C30H34N4O3S. The van der Waals surface area contributed by atoms with Gasteiger partial charge in [-0.3, -0.25) is 4.79 Å². The van der Waals surface area contributed by atoms with E-state index >= 15 is 0 Å². The predicted molar refractivity (Wildman–Crippen MR) is 151 cm³/mol. The average molecular weight is 531 g/mol. The number of amides is 1. The minimum Gasteiger partial charge on any atom is -0.334 e. The summed E-state index contributed by atoms with van der Waals surface area (Å²) in [7, 11) is -3.12. The van der Waals surface area contributed by atoms with Gasteiger partial charge in [0.1, 0.15) is 0 Å². The molecule has 1 aliphatic rings. The lowest BCUT2D eigenvalue weighted by molar-refractivity contribution is 0.0742. The van der Waals surface area contributed by atoms with Gasteiger partial charge in [0.2, 0.25) is 0 Å². The Morgan fingerprint density at radius 2 is 1.82 bits per heavy atom. The molecule has 198 valence electrons. The molecule has 1 atom stereocenters. The molecule has 0 N–H and O–H groups in total. The summed E-state index contributed by atoms with van der Waals surface area (Å²) in [5.41, 5.74) is 5.60. The molecule has 1 amide bonds. The molecule has 1 aliphatic heterocycles. The van der Waals surface area contributed by atoms with E-state index in [2.05, 4.69) is 6.92 Å². The summed E-state index contributed by atoms with van der Waals surface area (Å²) in [5.74, 6) is 0.118. The van der Waals surface area contributed by atoms with Gasteiger partial charge in [-0.2, -0.15) is 5.10 Å². The van der Waals surface area contributed by atoms with Crippen molar-refractivity contribution in [2.24, 2.45) is 0 Å². The van der Waals surface area contributed by atoms with Crippen LogP contribution in [0.25, 0.3) is 22.3 Å². The molecule has 0 saturated carbocycles. The Kier molecular flexibility index (Phi) is 7.34. The molecule has 8 heteroatoms. The Morgan fingerprint density at radius 1 is 1.08 bits per heavy atom. The fourth-order valence-corrected chi connectivity index (χ4v) is 6.84. The van der Waals surface area contributed by atoms with Crippen LogP contribution in [0, 0.1) is 13.8 Å². The number of carbonyl (C=O) groups excluding carboxylic acids is 1. The Labute approximate surface area is 224 Å². The van der Waals surface area contributed by atoms with Crippen LogP contribution in [-0.2, 0) is 16.4 Å². The Balaban J connectivity index is 1.66. The Morgan fingerprint density at radius 3 is 2.47 bits per heavy atom. The van der Waals surface area contributed by atoms with Crippen LogP contribution in [0.4, 0.5) is 0 Å². The molecule has 0 radical (unpaired) electrons. The van der Waals surface area contributed by atoms with Crippen LogP contribution in [0.5, 0.6) is 0 Å². The van der Waals surface area contributed by atoms with Crippen molar-refractivity contribution in [3.05, 3.63) is 83.0 Å². The van der Waals surface area contributed by atoms with Crippen LogP contribution in [0.1, 0.15) is 59.4 Å². The number of sulfone groups is 1. The van der Waals surface area contributed by atoms with E-state index < -0.39 is 9.84 Å². The third kappa shape index (κ3) is 5.36. The third-order valence-electron chi connectivity index (χ3n) is 7.25. The summed E-state index contributed by atoms with van der Waals surface area (Å²) in [6.45, 7) is 7.18. The number of aromatic nitrogens is 3. The van der Waals surface area contributed by atoms with E-state index in [1.165, 1.54) is 0 Å². The number of rotatable bonds is 8. The smallest absolute Gasteiger partial charge is 0.255 e. The first-order valence-corrected chi connectivity index (χ1v) is 15.1. The molecule has 1 saturated heterocycles. The standard InChI is InChI=1S/C30H34N4O3S/c1-4-5-16-33(19-23-9-7-6-8-10-23)30(35)26-18-27(24-13-11-21(2)12-14-24)31-29-28(26)22(3)32-34(29)25-15-17-38(36,37)20-25/h6-14,18,25H,4-5,15-17,19-20H2,1-3H3. The molecule has 0 aliphatic carbocycles. The summed E-state index contributed by atoms with van der Waals surface area (Å²) in [4.78, 5) is 21.1. The summed E-state index contributed by atoms with van der Waals surface area (Å²) in [6.07, 6.45) is 2.37. The van der Waals surface area contributed by atoms with Gasteiger partial charge in [0.15, 0.2) is 15.5 Å². The van der Waals surface area contributed by atoms with Crippen LogP contribution in [0.2, 0.25) is 0 Å². The second kappa shape index (κ2) is 10.7. The van der Waals surface area contributed by atoms with Gasteiger partial charge in [-0.05, 0) is 38.3 Å². The zero-order valence-electron chi connectivity index (χ0n) is 22.2. The maximum absolute atomic E-state index is 14.3. The first-order valence-electron chi connectivity index (χ1n) is 13.3. The molecule has 1 fully saturated rings. The van der Waals surface area contributed by atoms with E-state index in [0.29, 0.717) is 47.5 Å². The quantitative estimate of drug-likeness (QED) is 0.300. The van der Waals surface area contributed by atoms with Crippen LogP contribution in [-0.4, -0.2) is 52.0 Å². The monoisotopic (exact) mass is 530 g/mol. The maximum atomic E-state index is 14.3. The predicted octanol–water partition coefficient (Wildman–Crippen LogP) is 5.52. The van der Waals surface area contributed by atoms with Crippen LogP contribution < -0.4 is 0 Å². The molecule has 3 heterocycles. The van der Waals surface area contributed by atoms with Gasteiger partial charge < -0.3 is 4.90 Å². The van der Waals surface area contributed by atoms with Gasteiger partial charge >= 0.3 is 0 Å². The van der Waals surface area contributed by atoms with Crippen molar-refractivity contribution < 1.29 is 13.2 Å². The lowest BCUT2D eigenvalue weighted by Crippen LogP contribution is -2.32. The number of benzene rings is 2. The summed E-state index contributed by atoms with van der Waals surface area (Å²) in [5, 5.41) is 5.45. The molecule has 7 nitrogen and oxygen atoms in total. The fourth-order valence-electron chi connectivity index (χ4n) is 5.15. The highest BCUT2D eigenvalue weighted by molar-refractivity contribution is 7.91. The van der Waals surface area contributed by atoms with E-state index in [4.69, 9.17) is 10.1 Å². The van der Waals surface area contributed by atoms with Crippen molar-refractivity contribution in [2.75, 3.05) is 18.1 Å². The minimum atomic E-state index is -3.12. The molecule has 4 aromatic rings. The second-order valence-corrected chi connectivity index (χ2v) is 12.5. The van der Waals surface area contributed by atoms with E-state index in [1.54, 1.807) is 4.68 Å². The third-order valence-corrected chi connectivity index (χ3v) is 9.00. The van der Waals surface area contributed by atoms with E-state index in [9.17, 15) is 13.2 Å². The molecule has 2 aromatic heterocycles. The molecule has 5 rings (SSSR count). The number of unbranched alkanes of at least 4 members (excludes halogenated alkanes) is 1. The van der Waals surface area contributed by atoms with Crippen molar-refractivity contribution >= 4 is 26.8 Å². The number of fused-ring (bicyclic) bond motifs is 1. The van der Waals surface area contributed by atoms with Crippen molar-refractivity contribution in [3.63, 3.8) is 0 Å². The van der Waals surface area contributed by atoms with E-state index in [-0.39, 0.29) is 23.5 Å². The van der Waals surface area contributed by atoms with Gasteiger partial charge in [-0.15, -0.1) is 0 Å². The van der Waals surface area contributed by atoms with E-state index in [1.807, 2.05) is 79.4 Å². The van der Waals surface area contributed by atoms with Crippen molar-refractivity contribution in [1.82, 2.24) is 19.7 Å². The zero-order chi connectivity index (χ0) is 26.9. The molecular weight excluding hydrogens is 496 g/mol. The lowest BCUT2D eigenvalue weighted by Gasteiger charge is -2.24. The van der Waals surface area contributed by atoms with Gasteiger partial charge in [0, 0.05) is 18.7 Å². The van der Waals surface area contributed by atoms with E-state index in [0.717, 1.165) is 29.5 Å². The lowest BCUT2D eigenvalue weighted by atomic mass is 10.0. The molecule has 2 aromatic carbocycles. The number of pyridine rings is 1. The Bertz CT molecular complexity index is 1560. The first kappa shape index (κ1) is 26.1. The van der Waals surface area contributed by atoms with Gasteiger partial charge in [-0.1, -0.05) is 73.5 Å². The molecule has 0 bridgehead atoms. The zero-order valence-corrected chi connectivity index (χ0v) is 23.0. The first-order chi connectivity index (χ1) is 18.3. The maximum Gasteiger partial charge on any atom is 0.255 e. The highest BCUT2D eigenvalue weighted by atomic mass is 32.2. The largest absolute Gasteiger partial charge is 0.334 e. The second-order valence-electron chi connectivity index (χ2n) is 10.3. The minimum absolute atomic E-state index is 0.0412. The SMILES string of the molecule is CCCCN(Cc1ccccc1)C(=O)c1cc(-c2ccc(C)cc2)nc2c1c(C)nn2C1CCS(=O)(=O)C1. The van der Waals surface area contributed by atoms with Gasteiger partial charge in [0.05, 0.1) is 39.9 Å². The van der Waals surface area contributed by atoms with Crippen LogP contribution >= 0.6 is 0 Å².